The fourth-order valence-electron chi connectivity index (χ4n) is 4.74. The number of hydrogen-bond donors (Lipinski definition) is 3. The second-order valence-electron chi connectivity index (χ2n) is 9.56. The van der Waals surface area contributed by atoms with Crippen LogP contribution >= 0.6 is 0 Å². The Labute approximate surface area is 234 Å². The zero-order valence-electron chi connectivity index (χ0n) is 22.5. The number of halogens is 1. The molecule has 0 unspecified atom stereocenters. The summed E-state index contributed by atoms with van der Waals surface area (Å²) < 4.78 is 25.2. The highest BCUT2D eigenvalue weighted by Crippen LogP contribution is 2.38. The number of nitrogens with one attached hydrogen (secondary N) is 2. The Hall–Kier alpha value is -4.39. The largest absolute Gasteiger partial charge is 0.494 e. The van der Waals surface area contributed by atoms with Crippen molar-refractivity contribution in [3.8, 4) is 22.6 Å². The number of ether oxygens (including phenoxy) is 2. The summed E-state index contributed by atoms with van der Waals surface area (Å²) in [4.78, 5) is 0. The zero-order valence-corrected chi connectivity index (χ0v) is 22.5. The van der Waals surface area contributed by atoms with Crippen LogP contribution in [-0.4, -0.2) is 25.4 Å². The number of para-hydroxylation sites is 1. The summed E-state index contributed by atoms with van der Waals surface area (Å²) in [6.45, 7) is 2.01. The topological polar surface area (TPSA) is 62.8 Å². The Kier molecular flexibility index (Phi) is 8.91. The van der Waals surface area contributed by atoms with Gasteiger partial charge >= 0.3 is 0 Å². The second kappa shape index (κ2) is 13.1. The highest BCUT2D eigenvalue weighted by molar-refractivity contribution is 5.89. The zero-order chi connectivity index (χ0) is 27.7. The first-order chi connectivity index (χ1) is 19.6. The molecule has 40 heavy (non-hydrogen) atoms. The van der Waals surface area contributed by atoms with E-state index in [2.05, 4.69) is 53.1 Å². The highest BCUT2D eigenvalue weighted by atomic mass is 19.1. The van der Waals surface area contributed by atoms with E-state index in [1.54, 1.807) is 19.2 Å². The molecule has 0 amide bonds. The summed E-state index contributed by atoms with van der Waals surface area (Å²) in [6, 6.07) is 33.3. The maximum absolute atomic E-state index is 13.3. The molecule has 0 aliphatic heterocycles. The van der Waals surface area contributed by atoms with Gasteiger partial charge in [0, 0.05) is 30.8 Å². The molecular weight excluding hydrogens is 503 g/mol. The molecule has 0 spiro atoms. The van der Waals surface area contributed by atoms with Crippen molar-refractivity contribution >= 4 is 16.5 Å². The molecule has 6 heteroatoms. The predicted molar refractivity (Wildman–Crippen MR) is 159 cm³/mol. The summed E-state index contributed by atoms with van der Waals surface area (Å²) in [5, 5.41) is 18.4. The molecule has 0 aromatic heterocycles. The number of rotatable bonds is 12. The molecule has 3 N–H and O–H groups in total. The van der Waals surface area contributed by atoms with E-state index in [1.807, 2.05) is 36.4 Å². The van der Waals surface area contributed by atoms with Crippen LogP contribution in [0.3, 0.4) is 0 Å². The van der Waals surface area contributed by atoms with Crippen LogP contribution in [-0.2, 0) is 19.7 Å². The Morgan fingerprint density at radius 3 is 2.38 bits per heavy atom. The van der Waals surface area contributed by atoms with Crippen LogP contribution in [0, 0.1) is 5.82 Å². The van der Waals surface area contributed by atoms with Crippen molar-refractivity contribution in [2.75, 3.05) is 25.6 Å². The maximum Gasteiger partial charge on any atom is 0.149 e. The molecule has 0 bridgehead atoms. The molecule has 0 aliphatic carbocycles. The summed E-state index contributed by atoms with van der Waals surface area (Å²) >= 11 is 0. The molecule has 0 atom stereocenters. The summed E-state index contributed by atoms with van der Waals surface area (Å²) in [5.74, 6) is 1.27. The lowest BCUT2D eigenvalue weighted by atomic mass is 10.00. The molecule has 5 aromatic rings. The van der Waals surface area contributed by atoms with Gasteiger partial charge in [0.25, 0.3) is 0 Å². The first-order valence-electron chi connectivity index (χ1n) is 13.4. The molecule has 0 radical (unpaired) electrons. The molecule has 0 aliphatic rings. The molecule has 0 fully saturated rings. The standard InChI is InChI=1S/C34H33FN2O3/c1-39-34-31(28-13-12-26-5-2-3-6-27(26)20-28)7-4-8-32(34)37-21-25-11-16-33(29(19-25)22-36-17-18-38)40-23-24-9-14-30(35)15-10-24/h2-16,19-20,36-38H,17-18,21-23H2,1H3. The number of anilines is 1. The van der Waals surface area contributed by atoms with E-state index >= 15 is 0 Å². The first kappa shape index (κ1) is 27.2. The number of fused-ring (bicyclic) bond motifs is 1. The van der Waals surface area contributed by atoms with Crippen molar-refractivity contribution in [1.82, 2.24) is 5.32 Å². The Morgan fingerprint density at radius 2 is 1.57 bits per heavy atom. The summed E-state index contributed by atoms with van der Waals surface area (Å²) in [7, 11) is 1.70. The van der Waals surface area contributed by atoms with Crippen molar-refractivity contribution in [2.24, 2.45) is 0 Å². The van der Waals surface area contributed by atoms with Gasteiger partial charge in [-0.05, 0) is 63.9 Å². The fraction of sp³-hybridized carbons (Fsp3) is 0.176. The van der Waals surface area contributed by atoms with Crippen LogP contribution in [0.2, 0.25) is 0 Å². The van der Waals surface area contributed by atoms with E-state index in [0.717, 1.165) is 45.0 Å². The number of aliphatic hydroxyl groups excluding tert-OH is 1. The number of aliphatic hydroxyl groups is 1. The van der Waals surface area contributed by atoms with Crippen LogP contribution in [0.1, 0.15) is 16.7 Å². The molecule has 5 nitrogen and oxygen atoms in total. The van der Waals surface area contributed by atoms with Gasteiger partial charge in [-0.3, -0.25) is 0 Å². The minimum atomic E-state index is -0.270. The van der Waals surface area contributed by atoms with E-state index in [9.17, 15) is 9.50 Å². The van der Waals surface area contributed by atoms with Crippen LogP contribution in [0.4, 0.5) is 10.1 Å². The first-order valence-corrected chi connectivity index (χ1v) is 13.4. The molecule has 0 saturated heterocycles. The van der Waals surface area contributed by atoms with Gasteiger partial charge in [0.05, 0.1) is 19.4 Å². The normalized spacial score (nSPS) is 11.0. The SMILES string of the molecule is COc1c(NCc2ccc(OCc3ccc(F)cc3)c(CNCCO)c2)cccc1-c1ccc2ccccc2c1. The third-order valence-electron chi connectivity index (χ3n) is 6.80. The van der Waals surface area contributed by atoms with Crippen molar-refractivity contribution in [3.05, 3.63) is 126 Å². The monoisotopic (exact) mass is 536 g/mol. The van der Waals surface area contributed by atoms with Gasteiger partial charge in [-0.2, -0.15) is 0 Å². The van der Waals surface area contributed by atoms with Gasteiger partial charge in [0.1, 0.15) is 23.9 Å². The van der Waals surface area contributed by atoms with Gasteiger partial charge in [-0.25, -0.2) is 4.39 Å². The number of methoxy groups -OCH3 is 1. The summed E-state index contributed by atoms with van der Waals surface area (Å²) in [6.07, 6.45) is 0. The third-order valence-corrected chi connectivity index (χ3v) is 6.80. The predicted octanol–water partition coefficient (Wildman–Crippen LogP) is 6.93. The van der Waals surface area contributed by atoms with E-state index in [4.69, 9.17) is 9.47 Å². The molecular formula is C34H33FN2O3. The van der Waals surface area contributed by atoms with E-state index in [0.29, 0.717) is 26.2 Å². The van der Waals surface area contributed by atoms with Gasteiger partial charge < -0.3 is 25.2 Å². The third kappa shape index (κ3) is 6.60. The van der Waals surface area contributed by atoms with E-state index in [-0.39, 0.29) is 12.4 Å². The Morgan fingerprint density at radius 1 is 0.775 bits per heavy atom. The van der Waals surface area contributed by atoms with Crippen molar-refractivity contribution in [3.63, 3.8) is 0 Å². The van der Waals surface area contributed by atoms with Crippen molar-refractivity contribution in [2.45, 2.75) is 19.7 Å². The van der Waals surface area contributed by atoms with Gasteiger partial charge in [-0.1, -0.05) is 66.7 Å². The highest BCUT2D eigenvalue weighted by Gasteiger charge is 2.12. The van der Waals surface area contributed by atoms with Crippen LogP contribution < -0.4 is 20.1 Å². The Balaban J connectivity index is 1.34. The lowest BCUT2D eigenvalue weighted by molar-refractivity contribution is 0.288. The number of hydrogen-bond acceptors (Lipinski definition) is 5. The minimum absolute atomic E-state index is 0.0559. The van der Waals surface area contributed by atoms with Gasteiger partial charge in [0.15, 0.2) is 0 Å². The smallest absolute Gasteiger partial charge is 0.149 e. The molecule has 5 rings (SSSR count). The lowest BCUT2D eigenvalue weighted by Crippen LogP contribution is -2.18. The maximum atomic E-state index is 13.3. The minimum Gasteiger partial charge on any atom is -0.494 e. The fourth-order valence-corrected chi connectivity index (χ4v) is 4.74. The van der Waals surface area contributed by atoms with Crippen molar-refractivity contribution in [1.29, 1.82) is 0 Å². The number of benzene rings is 5. The van der Waals surface area contributed by atoms with E-state index in [1.165, 1.54) is 22.9 Å². The van der Waals surface area contributed by atoms with E-state index < -0.39 is 0 Å². The van der Waals surface area contributed by atoms with Crippen LogP contribution in [0.5, 0.6) is 11.5 Å². The van der Waals surface area contributed by atoms with Gasteiger partial charge in [-0.15, -0.1) is 0 Å². The average Bonchev–Trinajstić information content (AvgIpc) is 3.00. The Bertz CT molecular complexity index is 1570. The molecule has 0 saturated carbocycles. The van der Waals surface area contributed by atoms with Crippen LogP contribution in [0.15, 0.2) is 103 Å². The van der Waals surface area contributed by atoms with Crippen LogP contribution in [0.25, 0.3) is 21.9 Å². The average molecular weight is 537 g/mol. The molecule has 0 heterocycles. The van der Waals surface area contributed by atoms with Crippen molar-refractivity contribution < 1.29 is 19.0 Å². The summed E-state index contributed by atoms with van der Waals surface area (Å²) in [5.41, 5.74) is 5.97. The second-order valence-corrected chi connectivity index (χ2v) is 9.56. The lowest BCUT2D eigenvalue weighted by Gasteiger charge is -2.17. The quantitative estimate of drug-likeness (QED) is 0.151. The molecule has 5 aromatic carbocycles. The van der Waals surface area contributed by atoms with Gasteiger partial charge in [0.2, 0.25) is 0 Å². The molecule has 204 valence electrons.